The standard InChI is InChI=1S/C28H32ClN5O2Si/c1-18-21(16-35)23(15-22(18)34-17-31-24-25(29)32-27(30)33-26(24)34)36-37(28(2,3)4,19-11-7-5-8-12-19)20-13-9-6-10-14-20/h5-14,17,21-23,35H,1,15-16H2,2-4H3,(H2,30,32,33). The third-order valence-electron chi connectivity index (χ3n) is 7.48. The Hall–Kier alpha value is -3.04. The topological polar surface area (TPSA) is 99.1 Å². The number of benzene rings is 2. The van der Waals surface area contributed by atoms with Crippen LogP contribution < -0.4 is 16.1 Å². The number of imidazole rings is 1. The lowest BCUT2D eigenvalue weighted by Gasteiger charge is -2.45. The number of nitrogen functional groups attached to an aromatic ring is 1. The van der Waals surface area contributed by atoms with Crippen molar-refractivity contribution in [3.63, 3.8) is 0 Å². The van der Waals surface area contributed by atoms with E-state index in [1.807, 2.05) is 16.7 Å². The maximum Gasteiger partial charge on any atom is 0.261 e. The van der Waals surface area contributed by atoms with Crippen LogP contribution in [0.2, 0.25) is 10.2 Å². The summed E-state index contributed by atoms with van der Waals surface area (Å²) >= 11 is 6.29. The van der Waals surface area contributed by atoms with Crippen LogP contribution in [0.15, 0.2) is 79.1 Å². The molecule has 4 aromatic rings. The molecule has 9 heteroatoms. The molecule has 0 bridgehead atoms. The Balaban J connectivity index is 1.61. The molecule has 3 atom stereocenters. The van der Waals surface area contributed by atoms with Gasteiger partial charge in [0, 0.05) is 5.92 Å². The summed E-state index contributed by atoms with van der Waals surface area (Å²) in [6, 6.07) is 20.8. The quantitative estimate of drug-likeness (QED) is 0.220. The van der Waals surface area contributed by atoms with Crippen LogP contribution in [0.25, 0.3) is 11.2 Å². The van der Waals surface area contributed by atoms with Gasteiger partial charge in [0.05, 0.1) is 25.1 Å². The van der Waals surface area contributed by atoms with Gasteiger partial charge >= 0.3 is 0 Å². The van der Waals surface area contributed by atoms with Gasteiger partial charge < -0.3 is 19.8 Å². The molecule has 2 heterocycles. The number of hydrogen-bond donors (Lipinski definition) is 2. The van der Waals surface area contributed by atoms with Crippen molar-refractivity contribution in [2.75, 3.05) is 12.3 Å². The molecule has 0 saturated heterocycles. The zero-order valence-corrected chi connectivity index (χ0v) is 23.1. The van der Waals surface area contributed by atoms with E-state index in [1.165, 1.54) is 10.4 Å². The molecule has 5 rings (SSSR count). The number of aliphatic hydroxyl groups is 1. The summed E-state index contributed by atoms with van der Waals surface area (Å²) in [6.45, 7) is 11.1. The molecule has 1 aliphatic carbocycles. The Labute approximate surface area is 223 Å². The summed E-state index contributed by atoms with van der Waals surface area (Å²) in [5, 5.41) is 13.0. The number of rotatable bonds is 6. The summed E-state index contributed by atoms with van der Waals surface area (Å²) in [6.07, 6.45) is 2.04. The first-order valence-electron chi connectivity index (χ1n) is 12.4. The molecule has 7 nitrogen and oxygen atoms in total. The highest BCUT2D eigenvalue weighted by atomic mass is 35.5. The number of halogens is 1. The molecule has 1 aliphatic rings. The average molecular weight is 534 g/mol. The highest BCUT2D eigenvalue weighted by Gasteiger charge is 2.54. The van der Waals surface area contributed by atoms with E-state index in [0.29, 0.717) is 17.6 Å². The van der Waals surface area contributed by atoms with E-state index in [1.54, 1.807) is 6.33 Å². The third-order valence-corrected chi connectivity index (χ3v) is 12.8. The second-order valence-corrected chi connectivity index (χ2v) is 15.2. The average Bonchev–Trinajstić information content (AvgIpc) is 3.43. The summed E-state index contributed by atoms with van der Waals surface area (Å²) in [4.78, 5) is 12.9. The number of aromatic nitrogens is 4. The minimum absolute atomic E-state index is 0.0668. The van der Waals surface area contributed by atoms with Crippen LogP contribution in [-0.2, 0) is 4.43 Å². The predicted molar refractivity (Wildman–Crippen MR) is 151 cm³/mol. The van der Waals surface area contributed by atoms with E-state index in [0.717, 1.165) is 5.57 Å². The molecule has 0 aliphatic heterocycles. The molecule has 1 saturated carbocycles. The highest BCUT2D eigenvalue weighted by Crippen LogP contribution is 2.46. The van der Waals surface area contributed by atoms with Gasteiger partial charge in [0.15, 0.2) is 10.8 Å². The molecule has 1 fully saturated rings. The van der Waals surface area contributed by atoms with E-state index < -0.39 is 8.32 Å². The van der Waals surface area contributed by atoms with Gasteiger partial charge in [-0.25, -0.2) is 4.98 Å². The number of nitrogens with two attached hydrogens (primary N) is 1. The zero-order valence-electron chi connectivity index (χ0n) is 21.3. The molecule has 0 amide bonds. The smallest absolute Gasteiger partial charge is 0.261 e. The number of fused-ring (bicyclic) bond motifs is 1. The van der Waals surface area contributed by atoms with Crippen molar-refractivity contribution in [3.05, 3.63) is 84.3 Å². The van der Waals surface area contributed by atoms with Crippen LogP contribution >= 0.6 is 11.6 Å². The maximum absolute atomic E-state index is 10.5. The third kappa shape index (κ3) is 4.27. The first kappa shape index (κ1) is 25.6. The second kappa shape index (κ2) is 9.68. The molecule has 3 N–H and O–H groups in total. The Morgan fingerprint density at radius 3 is 2.22 bits per heavy atom. The molecule has 2 aromatic heterocycles. The molecule has 0 radical (unpaired) electrons. The van der Waals surface area contributed by atoms with Crippen LogP contribution in [0.5, 0.6) is 0 Å². The molecule has 3 unspecified atom stereocenters. The molecule has 37 heavy (non-hydrogen) atoms. The Kier molecular flexibility index (Phi) is 6.70. The molecule has 0 spiro atoms. The summed E-state index contributed by atoms with van der Waals surface area (Å²) in [5.74, 6) is -0.166. The lowest BCUT2D eigenvalue weighted by molar-refractivity contribution is 0.112. The first-order chi connectivity index (χ1) is 17.7. The van der Waals surface area contributed by atoms with Gasteiger partial charge in [0.2, 0.25) is 5.95 Å². The lowest BCUT2D eigenvalue weighted by Crippen LogP contribution is -2.68. The van der Waals surface area contributed by atoms with Gasteiger partial charge in [-0.1, -0.05) is 99.6 Å². The van der Waals surface area contributed by atoms with Gasteiger partial charge in [-0.15, -0.1) is 0 Å². The molecule has 192 valence electrons. The number of aliphatic hydroxyl groups excluding tert-OH is 1. The number of nitrogens with zero attached hydrogens (tertiary/aromatic N) is 4. The minimum atomic E-state index is -2.83. The van der Waals surface area contributed by atoms with E-state index in [2.05, 4.69) is 90.8 Å². The first-order valence-corrected chi connectivity index (χ1v) is 14.7. The SMILES string of the molecule is C=C1C(CO)C(O[Si](c2ccccc2)(c2ccccc2)C(C)(C)C)CC1n1cnc2c(Cl)nc(N)nc21. The van der Waals surface area contributed by atoms with Crippen molar-refractivity contribution >= 4 is 47.4 Å². The summed E-state index contributed by atoms with van der Waals surface area (Å²) < 4.78 is 9.33. The largest absolute Gasteiger partial charge is 0.404 e. The molecular formula is C28H32ClN5O2Si. The molecular weight excluding hydrogens is 502 g/mol. The van der Waals surface area contributed by atoms with E-state index in [-0.39, 0.29) is 40.8 Å². The zero-order chi connectivity index (χ0) is 26.4. The van der Waals surface area contributed by atoms with Crippen molar-refractivity contribution in [2.24, 2.45) is 5.92 Å². The number of anilines is 1. The second-order valence-electron chi connectivity index (χ2n) is 10.6. The Morgan fingerprint density at radius 1 is 1.08 bits per heavy atom. The van der Waals surface area contributed by atoms with Gasteiger partial charge in [-0.05, 0) is 27.4 Å². The lowest BCUT2D eigenvalue weighted by atomic mass is 10.0. The van der Waals surface area contributed by atoms with Crippen LogP contribution in [0, 0.1) is 5.92 Å². The predicted octanol–water partition coefficient (Wildman–Crippen LogP) is 4.12. The number of hydrogen-bond acceptors (Lipinski definition) is 6. The monoisotopic (exact) mass is 533 g/mol. The Morgan fingerprint density at radius 2 is 1.68 bits per heavy atom. The van der Waals surface area contributed by atoms with E-state index >= 15 is 0 Å². The van der Waals surface area contributed by atoms with Crippen molar-refractivity contribution in [1.82, 2.24) is 19.5 Å². The highest BCUT2D eigenvalue weighted by molar-refractivity contribution is 6.99. The fraction of sp³-hybridized carbons (Fsp3) is 0.321. The fourth-order valence-electron chi connectivity index (χ4n) is 5.72. The van der Waals surface area contributed by atoms with Gasteiger partial charge in [0.25, 0.3) is 8.32 Å². The van der Waals surface area contributed by atoms with Crippen molar-refractivity contribution < 1.29 is 9.53 Å². The van der Waals surface area contributed by atoms with Crippen LogP contribution in [0.3, 0.4) is 0 Å². The van der Waals surface area contributed by atoms with Crippen LogP contribution in [0.4, 0.5) is 5.95 Å². The van der Waals surface area contributed by atoms with Crippen LogP contribution in [0.1, 0.15) is 33.2 Å². The minimum Gasteiger partial charge on any atom is -0.404 e. The summed E-state index contributed by atoms with van der Waals surface area (Å²) in [5.41, 5.74) is 7.80. The van der Waals surface area contributed by atoms with E-state index in [4.69, 9.17) is 21.8 Å². The summed E-state index contributed by atoms with van der Waals surface area (Å²) in [7, 11) is -2.83. The van der Waals surface area contributed by atoms with Crippen LogP contribution in [-0.4, -0.2) is 45.7 Å². The van der Waals surface area contributed by atoms with Crippen molar-refractivity contribution in [3.8, 4) is 0 Å². The van der Waals surface area contributed by atoms with Gasteiger partial charge in [0.1, 0.15) is 5.52 Å². The fourth-order valence-corrected chi connectivity index (χ4v) is 10.7. The maximum atomic E-state index is 10.5. The van der Waals surface area contributed by atoms with Crippen molar-refractivity contribution in [1.29, 1.82) is 0 Å². The van der Waals surface area contributed by atoms with Gasteiger partial charge in [-0.3, -0.25) is 0 Å². The molecule has 2 aromatic carbocycles. The normalized spacial score (nSPS) is 20.6. The van der Waals surface area contributed by atoms with Gasteiger partial charge in [-0.2, -0.15) is 9.97 Å². The Bertz CT molecular complexity index is 1380. The van der Waals surface area contributed by atoms with Crippen molar-refractivity contribution in [2.45, 2.75) is 44.4 Å². The van der Waals surface area contributed by atoms with E-state index in [9.17, 15) is 5.11 Å².